The average Bonchev–Trinajstić information content (AvgIpc) is 3.27. The number of hydrogen-bond donors (Lipinski definition) is 1. The van der Waals surface area contributed by atoms with Gasteiger partial charge in [-0.25, -0.2) is 9.18 Å². The van der Waals surface area contributed by atoms with Crippen LogP contribution in [0.4, 0.5) is 14.9 Å². The number of carbonyl (C=O) groups is 1. The van der Waals surface area contributed by atoms with Gasteiger partial charge in [0.05, 0.1) is 0 Å². The van der Waals surface area contributed by atoms with Crippen molar-refractivity contribution in [3.05, 3.63) is 66.0 Å². The van der Waals surface area contributed by atoms with Gasteiger partial charge in [-0.2, -0.15) is 0 Å². The fourth-order valence-corrected chi connectivity index (χ4v) is 4.91. The van der Waals surface area contributed by atoms with Crippen LogP contribution in [0, 0.1) is 17.7 Å². The summed E-state index contributed by atoms with van der Waals surface area (Å²) < 4.78 is 13.1. The Morgan fingerprint density at radius 1 is 1.03 bits per heavy atom. The summed E-state index contributed by atoms with van der Waals surface area (Å²) in [5, 5.41) is 3.01. The van der Waals surface area contributed by atoms with Crippen molar-refractivity contribution in [2.75, 3.05) is 31.5 Å². The highest BCUT2D eigenvalue weighted by molar-refractivity contribution is 5.89. The summed E-state index contributed by atoms with van der Waals surface area (Å²) in [6, 6.07) is 17.1. The number of para-hydroxylation sites is 1. The van der Waals surface area contributed by atoms with Gasteiger partial charge < -0.3 is 15.1 Å². The highest BCUT2D eigenvalue weighted by Gasteiger charge is 2.34. The Bertz CT molecular complexity index is 818. The lowest BCUT2D eigenvalue weighted by molar-refractivity contribution is 0.107. The monoisotopic (exact) mass is 409 g/mol. The first-order valence-corrected chi connectivity index (χ1v) is 11.2. The standard InChI is InChI=1S/C25H32FN3O/c1-19(22-13-16-29(18-22)25(30)27-24-5-3-2-4-6-24)28-14-11-21(12-15-28)17-20-7-9-23(26)10-8-20/h2-10,19,21-22H,11-18H2,1H3,(H,27,30). The molecule has 2 atom stereocenters. The second kappa shape index (κ2) is 9.61. The fourth-order valence-electron chi connectivity index (χ4n) is 4.91. The molecule has 4 rings (SSSR count). The molecule has 0 saturated carbocycles. The minimum Gasteiger partial charge on any atom is -0.324 e. The van der Waals surface area contributed by atoms with Crippen molar-refractivity contribution in [2.45, 2.75) is 38.6 Å². The molecule has 2 unspecified atom stereocenters. The van der Waals surface area contributed by atoms with Crippen molar-refractivity contribution >= 4 is 11.7 Å². The number of hydrogen-bond acceptors (Lipinski definition) is 2. The number of benzene rings is 2. The van der Waals surface area contributed by atoms with Crippen LogP contribution in [0.2, 0.25) is 0 Å². The van der Waals surface area contributed by atoms with E-state index in [0.29, 0.717) is 17.9 Å². The molecular weight excluding hydrogens is 377 g/mol. The van der Waals surface area contributed by atoms with Crippen LogP contribution in [0.25, 0.3) is 0 Å². The van der Waals surface area contributed by atoms with Crippen molar-refractivity contribution in [2.24, 2.45) is 11.8 Å². The van der Waals surface area contributed by atoms with E-state index in [9.17, 15) is 9.18 Å². The van der Waals surface area contributed by atoms with Crippen LogP contribution in [-0.4, -0.2) is 48.1 Å². The lowest BCUT2D eigenvalue weighted by atomic mass is 9.88. The van der Waals surface area contributed by atoms with Gasteiger partial charge in [0.1, 0.15) is 5.82 Å². The number of halogens is 1. The Labute approximate surface area is 179 Å². The van der Waals surface area contributed by atoms with Gasteiger partial charge >= 0.3 is 6.03 Å². The first-order chi connectivity index (χ1) is 14.6. The average molecular weight is 410 g/mol. The van der Waals surface area contributed by atoms with Gasteiger partial charge in [0.2, 0.25) is 0 Å². The molecule has 1 N–H and O–H groups in total. The summed E-state index contributed by atoms with van der Waals surface area (Å²) in [7, 11) is 0. The molecule has 2 amide bonds. The quantitative estimate of drug-likeness (QED) is 0.752. The molecule has 2 aromatic rings. The zero-order chi connectivity index (χ0) is 20.9. The summed E-state index contributed by atoms with van der Waals surface area (Å²) in [5.74, 6) is 1.04. The van der Waals surface area contributed by atoms with E-state index in [1.165, 1.54) is 18.4 Å². The summed E-state index contributed by atoms with van der Waals surface area (Å²) in [6.45, 7) is 6.20. The molecular formula is C25H32FN3O. The van der Waals surface area contributed by atoms with Crippen LogP contribution in [-0.2, 0) is 6.42 Å². The van der Waals surface area contributed by atoms with Gasteiger partial charge in [0, 0.05) is 24.8 Å². The van der Waals surface area contributed by atoms with Crippen molar-refractivity contribution in [3.8, 4) is 0 Å². The molecule has 2 aliphatic heterocycles. The molecule has 2 heterocycles. The molecule has 0 bridgehead atoms. The smallest absolute Gasteiger partial charge is 0.321 e. The molecule has 0 spiro atoms. The van der Waals surface area contributed by atoms with E-state index < -0.39 is 0 Å². The number of urea groups is 1. The number of anilines is 1. The number of nitrogens with zero attached hydrogens (tertiary/aromatic N) is 2. The van der Waals surface area contributed by atoms with Gasteiger partial charge in [-0.05, 0) is 87.4 Å². The van der Waals surface area contributed by atoms with Gasteiger partial charge in [0.25, 0.3) is 0 Å². The van der Waals surface area contributed by atoms with Crippen LogP contribution >= 0.6 is 0 Å². The van der Waals surface area contributed by atoms with Crippen molar-refractivity contribution in [3.63, 3.8) is 0 Å². The maximum absolute atomic E-state index is 13.1. The van der Waals surface area contributed by atoms with E-state index in [-0.39, 0.29) is 11.8 Å². The molecule has 0 aliphatic carbocycles. The molecule has 160 valence electrons. The van der Waals surface area contributed by atoms with Crippen LogP contribution in [0.1, 0.15) is 31.7 Å². The second-order valence-corrected chi connectivity index (χ2v) is 8.84. The summed E-state index contributed by atoms with van der Waals surface area (Å²) >= 11 is 0. The Balaban J connectivity index is 1.23. The summed E-state index contributed by atoms with van der Waals surface area (Å²) in [6.07, 6.45) is 4.48. The maximum Gasteiger partial charge on any atom is 0.321 e. The summed E-state index contributed by atoms with van der Waals surface area (Å²) in [5.41, 5.74) is 2.08. The van der Waals surface area contributed by atoms with E-state index in [2.05, 4.69) is 17.1 Å². The number of carbonyl (C=O) groups excluding carboxylic acids is 1. The molecule has 0 aromatic heterocycles. The molecule has 2 aliphatic rings. The zero-order valence-electron chi connectivity index (χ0n) is 17.8. The van der Waals surface area contributed by atoms with Gasteiger partial charge in [-0.1, -0.05) is 30.3 Å². The van der Waals surface area contributed by atoms with E-state index in [1.54, 1.807) is 12.1 Å². The topological polar surface area (TPSA) is 35.6 Å². The van der Waals surface area contributed by atoms with Crippen LogP contribution in [0.5, 0.6) is 0 Å². The van der Waals surface area contributed by atoms with E-state index in [4.69, 9.17) is 0 Å². The third-order valence-corrected chi connectivity index (χ3v) is 6.88. The normalized spacial score (nSPS) is 21.5. The number of nitrogens with one attached hydrogen (secondary N) is 1. The molecule has 4 nitrogen and oxygen atoms in total. The van der Waals surface area contributed by atoms with Gasteiger partial charge in [0.15, 0.2) is 0 Å². The molecule has 2 aromatic carbocycles. The third-order valence-electron chi connectivity index (χ3n) is 6.88. The Morgan fingerprint density at radius 3 is 2.43 bits per heavy atom. The summed E-state index contributed by atoms with van der Waals surface area (Å²) in [4.78, 5) is 17.1. The minimum atomic E-state index is -0.162. The van der Waals surface area contributed by atoms with Gasteiger partial charge in [-0.3, -0.25) is 0 Å². The molecule has 2 fully saturated rings. The number of likely N-dealkylation sites (tertiary alicyclic amines) is 2. The largest absolute Gasteiger partial charge is 0.324 e. The van der Waals surface area contributed by atoms with Crippen molar-refractivity contribution < 1.29 is 9.18 Å². The van der Waals surface area contributed by atoms with Crippen LogP contribution in [0.3, 0.4) is 0 Å². The van der Waals surface area contributed by atoms with E-state index in [0.717, 1.165) is 44.7 Å². The SMILES string of the molecule is CC(C1CCN(C(=O)Nc2ccccc2)C1)N1CCC(Cc2ccc(F)cc2)CC1. The second-order valence-electron chi connectivity index (χ2n) is 8.84. The Hall–Kier alpha value is -2.40. The van der Waals surface area contributed by atoms with Crippen LogP contribution < -0.4 is 5.32 Å². The molecule has 0 radical (unpaired) electrons. The number of amides is 2. The first kappa shape index (κ1) is 20.9. The van der Waals surface area contributed by atoms with E-state index in [1.807, 2.05) is 47.4 Å². The lowest BCUT2D eigenvalue weighted by Gasteiger charge is -2.38. The Morgan fingerprint density at radius 2 is 1.73 bits per heavy atom. The predicted octanol–water partition coefficient (Wildman–Crippen LogP) is 5.02. The highest BCUT2D eigenvalue weighted by atomic mass is 19.1. The predicted molar refractivity (Wildman–Crippen MR) is 119 cm³/mol. The van der Waals surface area contributed by atoms with Crippen LogP contribution in [0.15, 0.2) is 54.6 Å². The number of rotatable bonds is 5. The molecule has 30 heavy (non-hydrogen) atoms. The third kappa shape index (κ3) is 5.20. The minimum absolute atomic E-state index is 0.00825. The number of piperidine rings is 1. The molecule has 5 heteroatoms. The van der Waals surface area contributed by atoms with Crippen molar-refractivity contribution in [1.82, 2.24) is 9.80 Å². The van der Waals surface area contributed by atoms with Gasteiger partial charge in [-0.15, -0.1) is 0 Å². The van der Waals surface area contributed by atoms with E-state index >= 15 is 0 Å². The zero-order valence-corrected chi connectivity index (χ0v) is 17.8. The molecule has 2 saturated heterocycles. The fraction of sp³-hybridized carbons (Fsp3) is 0.480. The maximum atomic E-state index is 13.1. The first-order valence-electron chi connectivity index (χ1n) is 11.2. The Kier molecular flexibility index (Phi) is 6.68. The lowest BCUT2D eigenvalue weighted by Crippen LogP contribution is -2.45. The van der Waals surface area contributed by atoms with Crippen molar-refractivity contribution in [1.29, 1.82) is 0 Å². The highest BCUT2D eigenvalue weighted by Crippen LogP contribution is 2.29.